The number of carbonyl (C=O) groups is 2. The Morgan fingerprint density at radius 1 is 1.05 bits per heavy atom. The molecular formula is C31H35ClFN3O5S. The van der Waals surface area contributed by atoms with Gasteiger partial charge in [-0.15, -0.1) is 0 Å². The molecule has 1 N–H and O–H groups in total. The molecule has 0 aliphatic heterocycles. The van der Waals surface area contributed by atoms with Gasteiger partial charge in [0.2, 0.25) is 11.8 Å². The number of amides is 2. The molecule has 1 unspecified atom stereocenters. The van der Waals surface area contributed by atoms with Crippen LogP contribution in [0.2, 0.25) is 5.02 Å². The third-order valence-corrected chi connectivity index (χ3v) is 9.25. The number of nitrogens with zero attached hydrogens (tertiary/aromatic N) is 2. The van der Waals surface area contributed by atoms with Crippen molar-refractivity contribution in [3.8, 4) is 5.75 Å². The topological polar surface area (TPSA) is 96.0 Å². The van der Waals surface area contributed by atoms with E-state index in [-0.39, 0.29) is 29.1 Å². The molecule has 0 saturated heterocycles. The van der Waals surface area contributed by atoms with Crippen LogP contribution in [0.3, 0.4) is 0 Å². The average molecular weight is 616 g/mol. The van der Waals surface area contributed by atoms with Gasteiger partial charge >= 0.3 is 0 Å². The first-order valence-corrected chi connectivity index (χ1v) is 15.8. The first kappa shape index (κ1) is 31.3. The van der Waals surface area contributed by atoms with Crippen LogP contribution in [-0.2, 0) is 26.2 Å². The lowest BCUT2D eigenvalue weighted by Crippen LogP contribution is -2.52. The summed E-state index contributed by atoms with van der Waals surface area (Å²) in [6.07, 6.45) is 3.82. The lowest BCUT2D eigenvalue weighted by atomic mass is 10.1. The summed E-state index contributed by atoms with van der Waals surface area (Å²) >= 11 is 6.19. The maximum atomic E-state index is 14.0. The number of anilines is 1. The Balaban J connectivity index is 1.69. The minimum atomic E-state index is -4.31. The third-order valence-electron chi connectivity index (χ3n) is 7.23. The number of carbonyl (C=O) groups excluding carboxylic acids is 2. The summed E-state index contributed by atoms with van der Waals surface area (Å²) in [5.41, 5.74) is 0.896. The van der Waals surface area contributed by atoms with Crippen molar-refractivity contribution in [1.29, 1.82) is 0 Å². The van der Waals surface area contributed by atoms with Gasteiger partial charge in [0.1, 0.15) is 24.2 Å². The molecule has 3 aromatic carbocycles. The van der Waals surface area contributed by atoms with Gasteiger partial charge in [-0.1, -0.05) is 36.6 Å². The summed E-state index contributed by atoms with van der Waals surface area (Å²) in [5, 5.41) is 3.51. The van der Waals surface area contributed by atoms with Crippen molar-refractivity contribution in [3.63, 3.8) is 0 Å². The lowest BCUT2D eigenvalue weighted by Gasteiger charge is -2.32. The van der Waals surface area contributed by atoms with Gasteiger partial charge in [0.25, 0.3) is 10.0 Å². The molecule has 8 nitrogen and oxygen atoms in total. The Hall–Kier alpha value is -3.63. The van der Waals surface area contributed by atoms with E-state index < -0.39 is 34.3 Å². The Morgan fingerprint density at radius 3 is 2.33 bits per heavy atom. The Kier molecular flexibility index (Phi) is 10.5. The zero-order chi connectivity index (χ0) is 30.3. The highest BCUT2D eigenvalue weighted by molar-refractivity contribution is 7.92. The highest BCUT2D eigenvalue weighted by Crippen LogP contribution is 2.27. The molecule has 1 aliphatic carbocycles. The predicted octanol–water partition coefficient (Wildman–Crippen LogP) is 5.55. The molecule has 0 spiro atoms. The van der Waals surface area contributed by atoms with Gasteiger partial charge in [-0.3, -0.25) is 13.9 Å². The highest BCUT2D eigenvalue weighted by atomic mass is 35.5. The minimum absolute atomic E-state index is 0.0341. The second-order valence-electron chi connectivity index (χ2n) is 10.2. The molecule has 1 atom stereocenters. The zero-order valence-electron chi connectivity index (χ0n) is 23.6. The summed E-state index contributed by atoms with van der Waals surface area (Å²) < 4.78 is 47.8. The van der Waals surface area contributed by atoms with Crippen LogP contribution in [0, 0.1) is 5.82 Å². The predicted molar refractivity (Wildman–Crippen MR) is 160 cm³/mol. The smallest absolute Gasteiger partial charge is 0.264 e. The molecule has 1 aliphatic rings. The van der Waals surface area contributed by atoms with E-state index in [9.17, 15) is 22.4 Å². The van der Waals surface area contributed by atoms with Gasteiger partial charge in [0.05, 0.1) is 17.2 Å². The van der Waals surface area contributed by atoms with Crippen molar-refractivity contribution in [3.05, 3.63) is 89.2 Å². The number of halogens is 2. The Labute approximate surface area is 251 Å². The van der Waals surface area contributed by atoms with E-state index >= 15 is 0 Å². The van der Waals surface area contributed by atoms with Gasteiger partial charge in [-0.05, 0) is 92.9 Å². The SMILES string of the molecule is CCOc1ccc(N(CC(=O)N(Cc2cccc(Cl)c2)C(C)C(=O)NC2CCCC2)S(=O)(=O)c2ccc(F)cc2)cc1. The van der Waals surface area contributed by atoms with E-state index in [0.717, 1.165) is 54.3 Å². The number of ether oxygens (including phenoxy) is 1. The van der Waals surface area contributed by atoms with Gasteiger partial charge < -0.3 is 15.0 Å². The molecular weight excluding hydrogens is 581 g/mol. The summed E-state index contributed by atoms with van der Waals surface area (Å²) in [4.78, 5) is 28.5. The molecule has 4 rings (SSSR count). The molecule has 0 aromatic heterocycles. The second kappa shape index (κ2) is 14.0. The Morgan fingerprint density at radius 2 is 1.71 bits per heavy atom. The molecule has 42 heavy (non-hydrogen) atoms. The first-order valence-electron chi connectivity index (χ1n) is 13.9. The van der Waals surface area contributed by atoms with Crippen molar-refractivity contribution < 1.29 is 27.1 Å². The van der Waals surface area contributed by atoms with Crippen LogP contribution in [0.25, 0.3) is 0 Å². The highest BCUT2D eigenvalue weighted by Gasteiger charge is 2.33. The van der Waals surface area contributed by atoms with Crippen LogP contribution in [0.4, 0.5) is 10.1 Å². The number of hydrogen-bond donors (Lipinski definition) is 1. The third kappa shape index (κ3) is 7.80. The van der Waals surface area contributed by atoms with Gasteiger partial charge in [-0.25, -0.2) is 12.8 Å². The van der Waals surface area contributed by atoms with E-state index in [4.69, 9.17) is 16.3 Å². The zero-order valence-corrected chi connectivity index (χ0v) is 25.2. The number of rotatable bonds is 12. The van der Waals surface area contributed by atoms with Crippen molar-refractivity contribution in [2.75, 3.05) is 17.5 Å². The standard InChI is InChI=1S/C31H35ClFN3O5S/c1-3-41-28-15-13-27(14-16-28)36(42(39,40)29-17-11-25(33)12-18-29)21-30(37)35(20-23-7-6-8-24(32)19-23)22(2)31(38)34-26-9-4-5-10-26/h6-8,11-19,22,26H,3-5,9-10,20-21H2,1-2H3,(H,34,38). The lowest BCUT2D eigenvalue weighted by molar-refractivity contribution is -0.139. The largest absolute Gasteiger partial charge is 0.494 e. The van der Waals surface area contributed by atoms with Crippen molar-refractivity contribution >= 4 is 39.1 Å². The number of benzene rings is 3. The van der Waals surface area contributed by atoms with Crippen LogP contribution < -0.4 is 14.4 Å². The van der Waals surface area contributed by atoms with Crippen LogP contribution in [-0.4, -0.2) is 50.4 Å². The number of nitrogens with one attached hydrogen (secondary N) is 1. The van der Waals surface area contributed by atoms with Crippen molar-refractivity contribution in [2.24, 2.45) is 0 Å². The van der Waals surface area contributed by atoms with Crippen LogP contribution in [0.15, 0.2) is 77.7 Å². The van der Waals surface area contributed by atoms with Crippen molar-refractivity contribution in [1.82, 2.24) is 10.2 Å². The molecule has 0 heterocycles. The molecule has 3 aromatic rings. The normalized spacial score (nSPS) is 14.3. The summed E-state index contributed by atoms with van der Waals surface area (Å²) in [5.74, 6) is -0.964. The van der Waals surface area contributed by atoms with E-state index in [1.807, 2.05) is 6.92 Å². The monoisotopic (exact) mass is 615 g/mol. The summed E-state index contributed by atoms with van der Waals surface area (Å²) in [6, 6.07) is 16.8. The fourth-order valence-electron chi connectivity index (χ4n) is 4.94. The van der Waals surface area contributed by atoms with Crippen LogP contribution >= 0.6 is 11.6 Å². The summed E-state index contributed by atoms with van der Waals surface area (Å²) in [7, 11) is -4.31. The molecule has 0 bridgehead atoms. The van der Waals surface area contributed by atoms with E-state index in [2.05, 4.69) is 5.32 Å². The molecule has 224 valence electrons. The molecule has 0 radical (unpaired) electrons. The number of hydrogen-bond acceptors (Lipinski definition) is 5. The number of sulfonamides is 1. The van der Waals surface area contributed by atoms with Gasteiger partial charge in [0.15, 0.2) is 0 Å². The maximum absolute atomic E-state index is 14.0. The van der Waals surface area contributed by atoms with Gasteiger partial charge in [0, 0.05) is 17.6 Å². The molecule has 1 fully saturated rings. The first-order chi connectivity index (χ1) is 20.1. The molecule has 11 heteroatoms. The molecule has 1 saturated carbocycles. The van der Waals surface area contributed by atoms with E-state index in [1.54, 1.807) is 43.3 Å². The fourth-order valence-corrected chi connectivity index (χ4v) is 6.57. The maximum Gasteiger partial charge on any atom is 0.264 e. The second-order valence-corrected chi connectivity index (χ2v) is 12.5. The van der Waals surface area contributed by atoms with Crippen molar-refractivity contribution in [2.45, 2.75) is 63.1 Å². The van der Waals surface area contributed by atoms with Gasteiger partial charge in [-0.2, -0.15) is 0 Å². The van der Waals surface area contributed by atoms with Crippen LogP contribution in [0.1, 0.15) is 45.1 Å². The fraction of sp³-hybridized carbons (Fsp3) is 0.355. The van der Waals surface area contributed by atoms with Crippen LogP contribution in [0.5, 0.6) is 5.75 Å². The van der Waals surface area contributed by atoms with E-state index in [0.29, 0.717) is 22.9 Å². The average Bonchev–Trinajstić information content (AvgIpc) is 3.48. The minimum Gasteiger partial charge on any atom is -0.494 e. The van der Waals surface area contributed by atoms with E-state index in [1.165, 1.54) is 17.0 Å². The quantitative estimate of drug-likeness (QED) is 0.288. The summed E-state index contributed by atoms with van der Waals surface area (Å²) in [6.45, 7) is 3.31. The molecule has 2 amide bonds. The Bertz CT molecular complexity index is 1480.